The second-order valence-corrected chi connectivity index (χ2v) is 7.77. The van der Waals surface area contributed by atoms with Crippen LogP contribution in [0.5, 0.6) is 0 Å². The van der Waals surface area contributed by atoms with Crippen LogP contribution in [0.3, 0.4) is 0 Å². The molecule has 2 amide bonds. The van der Waals surface area contributed by atoms with Crippen LogP contribution in [0.1, 0.15) is 36.0 Å². The highest BCUT2D eigenvalue weighted by atomic mass is 32.2. The van der Waals surface area contributed by atoms with Gasteiger partial charge in [0.25, 0.3) is 0 Å². The third-order valence-corrected chi connectivity index (χ3v) is 6.08. The standard InChI is InChI=1S/C14H21N3OS2/c1-10-16-12(9-20-10)13-3-2-5-17(13)14(18)15-7-11-4-6-19-8-11/h9,11,13H,2-8H2,1H3,(H,15,18). The average Bonchev–Trinajstić information content (AvgIpc) is 3.16. The molecule has 4 nitrogen and oxygen atoms in total. The number of likely N-dealkylation sites (tertiary alicyclic amines) is 1. The van der Waals surface area contributed by atoms with Crippen molar-refractivity contribution < 1.29 is 4.79 Å². The van der Waals surface area contributed by atoms with Gasteiger partial charge < -0.3 is 10.2 Å². The van der Waals surface area contributed by atoms with Crippen LogP contribution in [-0.2, 0) is 0 Å². The number of rotatable bonds is 3. The van der Waals surface area contributed by atoms with Crippen molar-refractivity contribution in [2.75, 3.05) is 24.6 Å². The predicted molar refractivity (Wildman–Crippen MR) is 84.4 cm³/mol. The normalized spacial score (nSPS) is 26.1. The van der Waals surface area contributed by atoms with Gasteiger partial charge in [-0.3, -0.25) is 0 Å². The van der Waals surface area contributed by atoms with Gasteiger partial charge in [-0.2, -0.15) is 11.8 Å². The van der Waals surface area contributed by atoms with Crippen LogP contribution in [0, 0.1) is 12.8 Å². The van der Waals surface area contributed by atoms with E-state index in [0.717, 1.165) is 36.6 Å². The molecule has 2 atom stereocenters. The van der Waals surface area contributed by atoms with Crippen LogP contribution in [0.4, 0.5) is 4.79 Å². The molecule has 2 aliphatic heterocycles. The molecule has 1 aromatic heterocycles. The summed E-state index contributed by atoms with van der Waals surface area (Å²) in [5, 5.41) is 6.30. The van der Waals surface area contributed by atoms with Crippen LogP contribution >= 0.6 is 23.1 Å². The third-order valence-electron chi connectivity index (χ3n) is 4.06. The lowest BCUT2D eigenvalue weighted by molar-refractivity contribution is 0.190. The van der Waals surface area contributed by atoms with Crippen molar-refractivity contribution in [2.24, 2.45) is 5.92 Å². The molecular formula is C14H21N3OS2. The van der Waals surface area contributed by atoms with Gasteiger partial charge in [-0.25, -0.2) is 9.78 Å². The van der Waals surface area contributed by atoms with E-state index in [2.05, 4.69) is 15.7 Å². The Morgan fingerprint density at radius 3 is 3.15 bits per heavy atom. The number of hydrogen-bond acceptors (Lipinski definition) is 4. The zero-order valence-electron chi connectivity index (χ0n) is 11.8. The van der Waals surface area contributed by atoms with E-state index in [1.807, 2.05) is 23.6 Å². The number of carbonyl (C=O) groups excluding carboxylic acids is 1. The molecular weight excluding hydrogens is 290 g/mol. The largest absolute Gasteiger partial charge is 0.338 e. The van der Waals surface area contributed by atoms with E-state index in [-0.39, 0.29) is 12.1 Å². The van der Waals surface area contributed by atoms with Crippen LogP contribution in [-0.4, -0.2) is 40.5 Å². The number of thiazole rings is 1. The van der Waals surface area contributed by atoms with E-state index < -0.39 is 0 Å². The summed E-state index contributed by atoms with van der Waals surface area (Å²) in [4.78, 5) is 18.9. The topological polar surface area (TPSA) is 45.2 Å². The highest BCUT2D eigenvalue weighted by molar-refractivity contribution is 7.99. The van der Waals surface area contributed by atoms with Crippen molar-refractivity contribution in [1.82, 2.24) is 15.2 Å². The van der Waals surface area contributed by atoms with E-state index >= 15 is 0 Å². The van der Waals surface area contributed by atoms with Gasteiger partial charge in [-0.1, -0.05) is 0 Å². The van der Waals surface area contributed by atoms with Gasteiger partial charge in [-0.15, -0.1) is 11.3 Å². The minimum absolute atomic E-state index is 0.0926. The second-order valence-electron chi connectivity index (χ2n) is 5.56. The number of nitrogens with zero attached hydrogens (tertiary/aromatic N) is 2. The van der Waals surface area contributed by atoms with E-state index in [4.69, 9.17) is 0 Å². The molecule has 3 rings (SSSR count). The maximum atomic E-state index is 12.4. The summed E-state index contributed by atoms with van der Waals surface area (Å²) >= 11 is 3.66. The molecule has 0 spiro atoms. The molecule has 0 bridgehead atoms. The fourth-order valence-electron chi connectivity index (χ4n) is 2.93. The number of hydrogen-bond donors (Lipinski definition) is 1. The highest BCUT2D eigenvalue weighted by Crippen LogP contribution is 2.32. The molecule has 0 saturated carbocycles. The van der Waals surface area contributed by atoms with E-state index in [9.17, 15) is 4.79 Å². The smallest absolute Gasteiger partial charge is 0.317 e. The Morgan fingerprint density at radius 1 is 1.55 bits per heavy atom. The molecule has 2 unspecified atom stereocenters. The van der Waals surface area contributed by atoms with Crippen LogP contribution < -0.4 is 5.32 Å². The fourth-order valence-corrected chi connectivity index (χ4v) is 4.87. The molecule has 0 aliphatic carbocycles. The van der Waals surface area contributed by atoms with Gasteiger partial charge in [0.2, 0.25) is 0 Å². The van der Waals surface area contributed by atoms with E-state index in [1.54, 1.807) is 11.3 Å². The van der Waals surface area contributed by atoms with Gasteiger partial charge in [-0.05, 0) is 43.6 Å². The fraction of sp³-hybridized carbons (Fsp3) is 0.714. The van der Waals surface area contributed by atoms with Crippen molar-refractivity contribution >= 4 is 29.1 Å². The Labute approximate surface area is 128 Å². The van der Waals surface area contributed by atoms with Gasteiger partial charge in [0.1, 0.15) is 0 Å². The van der Waals surface area contributed by atoms with Crippen molar-refractivity contribution in [3.8, 4) is 0 Å². The zero-order chi connectivity index (χ0) is 13.9. The van der Waals surface area contributed by atoms with Gasteiger partial charge in [0, 0.05) is 18.5 Å². The average molecular weight is 311 g/mol. The summed E-state index contributed by atoms with van der Waals surface area (Å²) in [6.07, 6.45) is 3.35. The Morgan fingerprint density at radius 2 is 2.45 bits per heavy atom. The van der Waals surface area contributed by atoms with Crippen LogP contribution in [0.25, 0.3) is 0 Å². The number of urea groups is 1. The molecule has 110 valence electrons. The Hall–Kier alpha value is -0.750. The van der Waals surface area contributed by atoms with E-state index in [1.165, 1.54) is 17.9 Å². The van der Waals surface area contributed by atoms with E-state index in [0.29, 0.717) is 5.92 Å². The summed E-state index contributed by atoms with van der Waals surface area (Å²) in [5.41, 5.74) is 1.07. The highest BCUT2D eigenvalue weighted by Gasteiger charge is 2.31. The first kappa shape index (κ1) is 14.2. The maximum Gasteiger partial charge on any atom is 0.317 e. The maximum absolute atomic E-state index is 12.4. The molecule has 1 N–H and O–H groups in total. The van der Waals surface area contributed by atoms with Crippen LogP contribution in [0.2, 0.25) is 0 Å². The minimum Gasteiger partial charge on any atom is -0.338 e. The molecule has 20 heavy (non-hydrogen) atoms. The number of aryl methyl sites for hydroxylation is 1. The number of amides is 2. The first-order valence-corrected chi connectivity index (χ1v) is 9.31. The van der Waals surface area contributed by atoms with Crippen LogP contribution in [0.15, 0.2) is 5.38 Å². The summed E-state index contributed by atoms with van der Waals surface area (Å²) in [5.74, 6) is 3.09. The van der Waals surface area contributed by atoms with Crippen molar-refractivity contribution in [3.05, 3.63) is 16.1 Å². The molecule has 2 aliphatic rings. The van der Waals surface area contributed by atoms with Crippen molar-refractivity contribution in [3.63, 3.8) is 0 Å². The molecule has 1 aromatic rings. The van der Waals surface area contributed by atoms with Crippen molar-refractivity contribution in [1.29, 1.82) is 0 Å². The Balaban J connectivity index is 1.58. The lowest BCUT2D eigenvalue weighted by Gasteiger charge is -2.24. The molecule has 2 fully saturated rings. The Kier molecular flexibility index (Phi) is 4.51. The molecule has 2 saturated heterocycles. The molecule has 3 heterocycles. The zero-order valence-corrected chi connectivity index (χ0v) is 13.4. The monoisotopic (exact) mass is 311 g/mol. The lowest BCUT2D eigenvalue weighted by Crippen LogP contribution is -2.41. The van der Waals surface area contributed by atoms with Gasteiger partial charge >= 0.3 is 6.03 Å². The molecule has 0 aromatic carbocycles. The quantitative estimate of drug-likeness (QED) is 0.933. The number of aromatic nitrogens is 1. The summed E-state index contributed by atoms with van der Waals surface area (Å²) < 4.78 is 0. The van der Waals surface area contributed by atoms with Gasteiger partial charge in [0.15, 0.2) is 0 Å². The van der Waals surface area contributed by atoms with Gasteiger partial charge in [0.05, 0.1) is 16.7 Å². The summed E-state index contributed by atoms with van der Waals surface area (Å²) in [7, 11) is 0. The molecule has 6 heteroatoms. The minimum atomic E-state index is 0.0926. The van der Waals surface area contributed by atoms with Crippen molar-refractivity contribution in [2.45, 2.75) is 32.2 Å². The first-order valence-electron chi connectivity index (χ1n) is 7.28. The summed E-state index contributed by atoms with van der Waals surface area (Å²) in [6.45, 7) is 3.70. The molecule has 0 radical (unpaired) electrons. The lowest BCUT2D eigenvalue weighted by atomic mass is 10.1. The number of nitrogens with one attached hydrogen (secondary N) is 1. The predicted octanol–water partition coefficient (Wildman–Crippen LogP) is 3.05. The number of thioether (sulfide) groups is 1. The second kappa shape index (κ2) is 6.35. The number of carbonyl (C=O) groups is 1. The Bertz CT molecular complexity index is 471. The first-order chi connectivity index (χ1) is 9.74. The SMILES string of the molecule is Cc1nc(C2CCCN2C(=O)NCC2CCSC2)cs1. The third kappa shape index (κ3) is 3.11. The summed E-state index contributed by atoms with van der Waals surface area (Å²) in [6, 6.07) is 0.271.